The van der Waals surface area contributed by atoms with Gasteiger partial charge in [-0.1, -0.05) is 26.0 Å². The molecule has 4 nitrogen and oxygen atoms in total. The van der Waals surface area contributed by atoms with E-state index in [-0.39, 0.29) is 5.54 Å². The van der Waals surface area contributed by atoms with Crippen LogP contribution in [0.5, 0.6) is 0 Å². The van der Waals surface area contributed by atoms with Crippen LogP contribution in [-0.4, -0.2) is 35.3 Å². The van der Waals surface area contributed by atoms with Crippen molar-refractivity contribution in [2.45, 2.75) is 104 Å². The molecule has 2 aliphatic rings. The third kappa shape index (κ3) is 4.94. The van der Waals surface area contributed by atoms with E-state index in [0.29, 0.717) is 23.6 Å². The molecule has 0 amide bonds. The lowest BCUT2D eigenvalue weighted by Crippen LogP contribution is -2.46. The summed E-state index contributed by atoms with van der Waals surface area (Å²) in [5, 5.41) is 11.3. The molecule has 3 unspecified atom stereocenters. The van der Waals surface area contributed by atoms with Gasteiger partial charge in [0.25, 0.3) is 0 Å². The monoisotopic (exact) mass is 309 g/mol. The lowest BCUT2D eigenvalue weighted by atomic mass is 9.89. The third-order valence-corrected chi connectivity index (χ3v) is 4.76. The molecule has 128 valence electrons. The lowest BCUT2D eigenvalue weighted by Gasteiger charge is -2.37. The number of hydrogen-bond acceptors (Lipinski definition) is 4. The van der Waals surface area contributed by atoms with Crippen LogP contribution < -0.4 is 0 Å². The highest BCUT2D eigenvalue weighted by atomic mass is 16.5. The van der Waals surface area contributed by atoms with Crippen molar-refractivity contribution < 1.29 is 4.74 Å². The van der Waals surface area contributed by atoms with Gasteiger partial charge in [0.15, 0.2) is 0 Å². The van der Waals surface area contributed by atoms with Crippen LogP contribution >= 0.6 is 0 Å². The number of ether oxygens (including phenoxy) is 1. The summed E-state index contributed by atoms with van der Waals surface area (Å²) < 4.78 is 6.15. The summed E-state index contributed by atoms with van der Waals surface area (Å²) in [7, 11) is 0. The standard InChI is InChI=1S/C18H35N3O/c1-17(2,3)12-13-22-14-8-7-9-16-15(11-10-14)19-20-21(16)18(4,5)6/h14-16H,7-13H2,1-6H3. The highest BCUT2D eigenvalue weighted by Gasteiger charge is 2.39. The van der Waals surface area contributed by atoms with Crippen molar-refractivity contribution in [1.29, 1.82) is 0 Å². The topological polar surface area (TPSA) is 37.2 Å². The lowest BCUT2D eigenvalue weighted by molar-refractivity contribution is 0.0127. The van der Waals surface area contributed by atoms with Gasteiger partial charge in [-0.15, -0.1) is 0 Å². The second kappa shape index (κ2) is 6.86. The van der Waals surface area contributed by atoms with Crippen LogP contribution in [0.1, 0.15) is 80.1 Å². The second-order valence-corrected chi connectivity index (χ2v) is 9.17. The van der Waals surface area contributed by atoms with Crippen LogP contribution in [0.4, 0.5) is 0 Å². The van der Waals surface area contributed by atoms with E-state index in [1.54, 1.807) is 0 Å². The van der Waals surface area contributed by atoms with Crippen molar-refractivity contribution in [2.75, 3.05) is 6.61 Å². The van der Waals surface area contributed by atoms with E-state index >= 15 is 0 Å². The zero-order chi connectivity index (χ0) is 16.4. The van der Waals surface area contributed by atoms with Crippen LogP contribution in [0, 0.1) is 5.41 Å². The molecule has 1 aliphatic heterocycles. The average Bonchev–Trinajstić information content (AvgIpc) is 2.72. The first-order valence-corrected chi connectivity index (χ1v) is 8.98. The predicted molar refractivity (Wildman–Crippen MR) is 90.9 cm³/mol. The van der Waals surface area contributed by atoms with Gasteiger partial charge < -0.3 is 4.74 Å². The summed E-state index contributed by atoms with van der Waals surface area (Å²) in [5.74, 6) is 0. The van der Waals surface area contributed by atoms with E-state index in [1.807, 2.05) is 0 Å². The number of hydrogen-bond donors (Lipinski definition) is 0. The van der Waals surface area contributed by atoms with Gasteiger partial charge in [0.1, 0.15) is 0 Å². The van der Waals surface area contributed by atoms with Gasteiger partial charge in [-0.25, -0.2) is 0 Å². The van der Waals surface area contributed by atoms with Gasteiger partial charge >= 0.3 is 0 Å². The highest BCUT2D eigenvalue weighted by molar-refractivity contribution is 4.93. The molecule has 3 atom stereocenters. The molecular formula is C18H35N3O. The van der Waals surface area contributed by atoms with Gasteiger partial charge in [0.2, 0.25) is 0 Å². The maximum atomic E-state index is 6.15. The fourth-order valence-electron chi connectivity index (χ4n) is 3.38. The SMILES string of the molecule is CC(C)(C)CCOC1CCCC2C(CC1)N=NN2C(C)(C)C. The fraction of sp³-hybridized carbons (Fsp3) is 1.00. The Morgan fingerprint density at radius 2 is 1.73 bits per heavy atom. The van der Waals surface area contributed by atoms with Crippen LogP contribution in [0.25, 0.3) is 0 Å². The van der Waals surface area contributed by atoms with Gasteiger partial charge in [-0.2, -0.15) is 5.11 Å². The van der Waals surface area contributed by atoms with E-state index in [0.717, 1.165) is 25.9 Å². The molecule has 0 saturated heterocycles. The molecule has 2 rings (SSSR count). The van der Waals surface area contributed by atoms with Gasteiger partial charge in [0, 0.05) is 6.61 Å². The Labute approximate surface area is 136 Å². The Morgan fingerprint density at radius 3 is 2.36 bits per heavy atom. The molecule has 0 aromatic carbocycles. The fourth-order valence-corrected chi connectivity index (χ4v) is 3.38. The zero-order valence-electron chi connectivity index (χ0n) is 15.4. The van der Waals surface area contributed by atoms with E-state index in [4.69, 9.17) is 4.74 Å². The largest absolute Gasteiger partial charge is 0.378 e. The first kappa shape index (κ1) is 17.7. The summed E-state index contributed by atoms with van der Waals surface area (Å²) in [6.45, 7) is 14.4. The van der Waals surface area contributed by atoms with E-state index < -0.39 is 0 Å². The average molecular weight is 309 g/mol. The molecule has 0 aromatic heterocycles. The van der Waals surface area contributed by atoms with E-state index in [1.165, 1.54) is 19.3 Å². The maximum Gasteiger partial charge on any atom is 0.0950 e. The maximum absolute atomic E-state index is 6.15. The van der Waals surface area contributed by atoms with Crippen molar-refractivity contribution in [3.05, 3.63) is 0 Å². The Morgan fingerprint density at radius 1 is 1.00 bits per heavy atom. The molecule has 1 aliphatic carbocycles. The molecule has 0 aromatic rings. The molecule has 0 spiro atoms. The van der Waals surface area contributed by atoms with Crippen molar-refractivity contribution >= 4 is 0 Å². The number of rotatable bonds is 3. The normalized spacial score (nSPS) is 30.1. The first-order chi connectivity index (χ1) is 10.2. The van der Waals surface area contributed by atoms with Crippen molar-refractivity contribution in [3.8, 4) is 0 Å². The Bertz CT molecular complexity index is 381. The molecule has 0 N–H and O–H groups in total. The summed E-state index contributed by atoms with van der Waals surface area (Å²) in [6.07, 6.45) is 7.39. The minimum atomic E-state index is 0.0741. The summed E-state index contributed by atoms with van der Waals surface area (Å²) >= 11 is 0. The molecule has 1 fully saturated rings. The minimum Gasteiger partial charge on any atom is -0.378 e. The van der Waals surface area contributed by atoms with Crippen LogP contribution in [0.2, 0.25) is 0 Å². The van der Waals surface area contributed by atoms with Gasteiger partial charge in [-0.3, -0.25) is 5.01 Å². The molecule has 1 saturated carbocycles. The molecule has 0 bridgehead atoms. The van der Waals surface area contributed by atoms with Gasteiger partial charge in [0.05, 0.1) is 23.7 Å². The van der Waals surface area contributed by atoms with E-state index in [2.05, 4.69) is 56.9 Å². The highest BCUT2D eigenvalue weighted by Crippen LogP contribution is 2.34. The second-order valence-electron chi connectivity index (χ2n) is 9.17. The smallest absolute Gasteiger partial charge is 0.0950 e. The molecule has 1 heterocycles. The third-order valence-electron chi connectivity index (χ3n) is 4.76. The molecule has 0 radical (unpaired) electrons. The Kier molecular flexibility index (Phi) is 5.52. The van der Waals surface area contributed by atoms with Crippen molar-refractivity contribution in [3.63, 3.8) is 0 Å². The first-order valence-electron chi connectivity index (χ1n) is 8.98. The summed E-state index contributed by atoms with van der Waals surface area (Å²) in [5.41, 5.74) is 0.435. The van der Waals surface area contributed by atoms with Crippen LogP contribution in [0.15, 0.2) is 10.3 Å². The van der Waals surface area contributed by atoms with Crippen LogP contribution in [-0.2, 0) is 4.74 Å². The summed E-state index contributed by atoms with van der Waals surface area (Å²) in [6, 6.07) is 0.865. The molecular weight excluding hydrogens is 274 g/mol. The quantitative estimate of drug-likeness (QED) is 0.736. The number of fused-ring (bicyclic) bond motifs is 1. The van der Waals surface area contributed by atoms with Crippen molar-refractivity contribution in [2.24, 2.45) is 15.8 Å². The number of nitrogens with zero attached hydrogens (tertiary/aromatic N) is 3. The van der Waals surface area contributed by atoms with Crippen LogP contribution in [0.3, 0.4) is 0 Å². The zero-order valence-corrected chi connectivity index (χ0v) is 15.4. The van der Waals surface area contributed by atoms with Gasteiger partial charge in [-0.05, 0) is 64.7 Å². The Balaban J connectivity index is 1.83. The van der Waals surface area contributed by atoms with Crippen molar-refractivity contribution in [1.82, 2.24) is 5.01 Å². The molecule has 22 heavy (non-hydrogen) atoms. The molecule has 4 heteroatoms. The summed E-state index contributed by atoms with van der Waals surface area (Å²) in [4.78, 5) is 0. The minimum absolute atomic E-state index is 0.0741. The van der Waals surface area contributed by atoms with E-state index in [9.17, 15) is 0 Å². The Hall–Kier alpha value is -0.640. The predicted octanol–water partition coefficient (Wildman–Crippen LogP) is 4.99.